The van der Waals surface area contributed by atoms with Crippen molar-refractivity contribution in [2.24, 2.45) is 0 Å². The number of halogens is 1. The van der Waals surface area contributed by atoms with Crippen LogP contribution in [-0.2, 0) is 32.6 Å². The molecule has 2 amide bonds. The Morgan fingerprint density at radius 1 is 0.875 bits per heavy atom. The number of anilines is 1. The summed E-state index contributed by atoms with van der Waals surface area (Å²) in [5.74, 6) is -0.388. The van der Waals surface area contributed by atoms with Gasteiger partial charge in [-0.2, -0.15) is 0 Å². The zero-order chi connectivity index (χ0) is 29.0. The van der Waals surface area contributed by atoms with E-state index in [1.165, 1.54) is 4.31 Å². The van der Waals surface area contributed by atoms with Crippen molar-refractivity contribution in [1.82, 2.24) is 10.2 Å². The highest BCUT2D eigenvalue weighted by atomic mass is 79.9. The van der Waals surface area contributed by atoms with Crippen molar-refractivity contribution in [3.05, 3.63) is 101 Å². The molecule has 0 heterocycles. The fourth-order valence-corrected chi connectivity index (χ4v) is 5.67. The quantitative estimate of drug-likeness (QED) is 0.224. The molecule has 0 aliphatic rings. The van der Waals surface area contributed by atoms with Crippen LogP contribution in [0.25, 0.3) is 0 Å². The molecular weight excluding hydrogens is 590 g/mol. The summed E-state index contributed by atoms with van der Waals surface area (Å²) in [6, 6.07) is 25.5. The fraction of sp³-hybridized carbons (Fsp3) is 0.355. The van der Waals surface area contributed by atoms with E-state index in [9.17, 15) is 18.0 Å². The topological polar surface area (TPSA) is 86.8 Å². The Hall–Kier alpha value is -3.17. The molecule has 0 aliphatic carbocycles. The zero-order valence-electron chi connectivity index (χ0n) is 23.1. The van der Waals surface area contributed by atoms with Gasteiger partial charge in [0.25, 0.3) is 0 Å². The molecule has 0 unspecified atom stereocenters. The molecule has 0 spiro atoms. The lowest BCUT2D eigenvalue weighted by Gasteiger charge is -2.32. The van der Waals surface area contributed by atoms with E-state index in [2.05, 4.69) is 28.2 Å². The smallest absolute Gasteiger partial charge is 0.243 e. The van der Waals surface area contributed by atoms with Gasteiger partial charge in [0.2, 0.25) is 21.8 Å². The lowest BCUT2D eigenvalue weighted by Crippen LogP contribution is -2.50. The van der Waals surface area contributed by atoms with E-state index < -0.39 is 16.1 Å². The summed E-state index contributed by atoms with van der Waals surface area (Å²) in [6.07, 6.45) is 3.75. The SMILES string of the molecule is CCCCNC(=O)[C@@H](Cc1ccccc1)N(Cc1ccc(Br)cc1)C(=O)CCCN(c1ccccc1)S(C)(=O)=O. The Morgan fingerprint density at radius 3 is 2.10 bits per heavy atom. The molecule has 3 rings (SSSR count). The van der Waals surface area contributed by atoms with Crippen LogP contribution in [0, 0.1) is 0 Å². The largest absolute Gasteiger partial charge is 0.354 e. The average molecular weight is 629 g/mol. The van der Waals surface area contributed by atoms with Crippen molar-refractivity contribution in [2.75, 3.05) is 23.7 Å². The molecule has 0 aromatic heterocycles. The number of carbonyl (C=O) groups excluding carboxylic acids is 2. The van der Waals surface area contributed by atoms with Crippen LogP contribution >= 0.6 is 15.9 Å². The summed E-state index contributed by atoms with van der Waals surface area (Å²) in [6.45, 7) is 3.03. The second kappa shape index (κ2) is 15.6. The van der Waals surface area contributed by atoms with Gasteiger partial charge < -0.3 is 10.2 Å². The Bertz CT molecular complexity index is 1320. The van der Waals surface area contributed by atoms with Crippen molar-refractivity contribution in [3.8, 4) is 0 Å². The molecule has 7 nitrogen and oxygen atoms in total. The van der Waals surface area contributed by atoms with Crippen molar-refractivity contribution in [1.29, 1.82) is 0 Å². The third-order valence-electron chi connectivity index (χ3n) is 6.56. The maximum Gasteiger partial charge on any atom is 0.243 e. The summed E-state index contributed by atoms with van der Waals surface area (Å²) in [5.41, 5.74) is 2.42. The van der Waals surface area contributed by atoms with E-state index in [1.807, 2.05) is 60.7 Å². The van der Waals surface area contributed by atoms with Crippen LogP contribution in [0.5, 0.6) is 0 Å². The molecule has 1 N–H and O–H groups in total. The standard InChI is InChI=1S/C31H38BrN3O4S/c1-3-4-21-33-31(37)29(23-25-12-7-5-8-13-25)34(24-26-17-19-27(32)20-18-26)30(36)16-11-22-35(40(2,38)39)28-14-9-6-10-15-28/h5-10,12-15,17-20,29H,3-4,11,16,21-24H2,1-2H3,(H,33,37)/t29-/m1/s1. The first-order valence-electron chi connectivity index (χ1n) is 13.6. The van der Waals surface area contributed by atoms with Gasteiger partial charge in [0.1, 0.15) is 6.04 Å². The van der Waals surface area contributed by atoms with Crippen LogP contribution in [0.2, 0.25) is 0 Å². The second-order valence-corrected chi connectivity index (χ2v) is 12.6. The average Bonchev–Trinajstić information content (AvgIpc) is 2.94. The monoisotopic (exact) mass is 627 g/mol. The Kier molecular flexibility index (Phi) is 12.2. The molecule has 1 atom stereocenters. The van der Waals surface area contributed by atoms with E-state index in [-0.39, 0.29) is 31.3 Å². The molecule has 3 aromatic rings. The number of nitrogens with one attached hydrogen (secondary N) is 1. The van der Waals surface area contributed by atoms with Gasteiger partial charge in [0.05, 0.1) is 11.9 Å². The van der Waals surface area contributed by atoms with Crippen molar-refractivity contribution >= 4 is 43.5 Å². The first kappa shape index (κ1) is 31.4. The highest BCUT2D eigenvalue weighted by Crippen LogP contribution is 2.20. The number of hydrogen-bond donors (Lipinski definition) is 1. The van der Waals surface area contributed by atoms with E-state index in [4.69, 9.17) is 0 Å². The highest BCUT2D eigenvalue weighted by Gasteiger charge is 2.30. The minimum Gasteiger partial charge on any atom is -0.354 e. The molecule has 40 heavy (non-hydrogen) atoms. The van der Waals surface area contributed by atoms with Gasteiger partial charge in [-0.15, -0.1) is 0 Å². The molecule has 0 fully saturated rings. The van der Waals surface area contributed by atoms with Gasteiger partial charge in [-0.1, -0.05) is 89.9 Å². The second-order valence-electron chi connectivity index (χ2n) is 9.77. The third kappa shape index (κ3) is 9.78. The molecule has 0 saturated carbocycles. The van der Waals surface area contributed by atoms with Crippen LogP contribution in [0.4, 0.5) is 5.69 Å². The van der Waals surface area contributed by atoms with Gasteiger partial charge in [-0.25, -0.2) is 8.42 Å². The number of nitrogens with zero attached hydrogens (tertiary/aromatic N) is 2. The van der Waals surface area contributed by atoms with Crippen LogP contribution in [0.1, 0.15) is 43.7 Å². The lowest BCUT2D eigenvalue weighted by atomic mass is 10.0. The molecule has 0 radical (unpaired) electrons. The summed E-state index contributed by atoms with van der Waals surface area (Å²) in [4.78, 5) is 29.0. The van der Waals surface area contributed by atoms with E-state index in [0.717, 1.165) is 34.7 Å². The zero-order valence-corrected chi connectivity index (χ0v) is 25.5. The van der Waals surface area contributed by atoms with Gasteiger partial charge in [-0.3, -0.25) is 13.9 Å². The fourth-order valence-electron chi connectivity index (χ4n) is 4.44. The molecule has 0 bridgehead atoms. The Labute approximate surface area is 246 Å². The maximum absolute atomic E-state index is 13.8. The van der Waals surface area contributed by atoms with Crippen molar-refractivity contribution in [3.63, 3.8) is 0 Å². The minimum absolute atomic E-state index is 0.100. The lowest BCUT2D eigenvalue weighted by molar-refractivity contribution is -0.141. The summed E-state index contributed by atoms with van der Waals surface area (Å²) >= 11 is 3.46. The van der Waals surface area contributed by atoms with Gasteiger partial charge in [0.15, 0.2) is 0 Å². The molecule has 9 heteroatoms. The Morgan fingerprint density at radius 2 is 1.50 bits per heavy atom. The van der Waals surface area contributed by atoms with Crippen molar-refractivity contribution < 1.29 is 18.0 Å². The minimum atomic E-state index is -3.53. The Balaban J connectivity index is 1.85. The molecule has 0 aliphatic heterocycles. The molecule has 214 valence electrons. The molecule has 3 aromatic carbocycles. The van der Waals surface area contributed by atoms with E-state index >= 15 is 0 Å². The number of sulfonamides is 1. The van der Waals surface area contributed by atoms with Crippen LogP contribution in [0.3, 0.4) is 0 Å². The van der Waals surface area contributed by atoms with Gasteiger partial charge >= 0.3 is 0 Å². The first-order chi connectivity index (χ1) is 19.2. The maximum atomic E-state index is 13.8. The van der Waals surface area contributed by atoms with Crippen LogP contribution < -0.4 is 9.62 Å². The molecular formula is C31H38BrN3O4S. The molecule has 0 saturated heterocycles. The number of carbonyl (C=O) groups is 2. The predicted molar refractivity (Wildman–Crippen MR) is 164 cm³/mol. The van der Waals surface area contributed by atoms with E-state index in [1.54, 1.807) is 29.2 Å². The van der Waals surface area contributed by atoms with E-state index in [0.29, 0.717) is 25.1 Å². The van der Waals surface area contributed by atoms with Crippen molar-refractivity contribution in [2.45, 2.75) is 51.6 Å². The number of unbranched alkanes of at least 4 members (excludes halogenated alkanes) is 1. The third-order valence-corrected chi connectivity index (χ3v) is 8.29. The summed E-state index contributed by atoms with van der Waals surface area (Å²) < 4.78 is 27.3. The number of hydrogen-bond acceptors (Lipinski definition) is 4. The highest BCUT2D eigenvalue weighted by molar-refractivity contribution is 9.10. The van der Waals surface area contributed by atoms with Gasteiger partial charge in [-0.05, 0) is 48.2 Å². The van der Waals surface area contributed by atoms with Crippen LogP contribution in [0.15, 0.2) is 89.4 Å². The number of amides is 2. The number of rotatable bonds is 15. The van der Waals surface area contributed by atoms with Crippen LogP contribution in [-0.4, -0.2) is 50.5 Å². The first-order valence-corrected chi connectivity index (χ1v) is 16.2. The van der Waals surface area contributed by atoms with Gasteiger partial charge in [0, 0.05) is 36.9 Å². The predicted octanol–water partition coefficient (Wildman–Crippen LogP) is 5.55. The number of benzene rings is 3. The normalized spacial score (nSPS) is 12.0. The number of para-hydroxylation sites is 1. The summed E-state index contributed by atoms with van der Waals surface area (Å²) in [5, 5.41) is 3.02. The summed E-state index contributed by atoms with van der Waals surface area (Å²) in [7, 11) is -3.53.